The van der Waals surface area contributed by atoms with E-state index in [0.717, 1.165) is 28.4 Å². The van der Waals surface area contributed by atoms with E-state index in [1.807, 2.05) is 65.6 Å². The number of thioether (sulfide) groups is 1. The number of benzene rings is 3. The van der Waals surface area contributed by atoms with Gasteiger partial charge in [-0.2, -0.15) is 0 Å². The Labute approximate surface area is 167 Å². The number of anilines is 1. The molecule has 0 spiro atoms. The SMILES string of the molecule is O=C(Nc1ccc2ccccc2c1)[C@H]1CS[C@]2(c3ccccc3)CCC(=O)N12. The van der Waals surface area contributed by atoms with Gasteiger partial charge in [0.25, 0.3) is 0 Å². The number of carbonyl (C=O) groups excluding carboxylic acids is 2. The molecular formula is C23H20N2O2S. The summed E-state index contributed by atoms with van der Waals surface area (Å²) in [5.41, 5.74) is 1.87. The van der Waals surface area contributed by atoms with Gasteiger partial charge in [0.05, 0.1) is 0 Å². The Morgan fingerprint density at radius 1 is 1.00 bits per heavy atom. The van der Waals surface area contributed by atoms with Crippen LogP contribution in [0.4, 0.5) is 5.69 Å². The van der Waals surface area contributed by atoms with Gasteiger partial charge in [-0.25, -0.2) is 0 Å². The normalized spacial score (nSPS) is 23.8. The van der Waals surface area contributed by atoms with Crippen molar-refractivity contribution in [2.45, 2.75) is 23.8 Å². The molecule has 4 nitrogen and oxygen atoms in total. The Hall–Kier alpha value is -2.79. The first-order chi connectivity index (χ1) is 13.7. The molecule has 3 aromatic rings. The molecule has 2 amide bonds. The minimum Gasteiger partial charge on any atom is -0.324 e. The van der Waals surface area contributed by atoms with Crippen LogP contribution < -0.4 is 5.32 Å². The zero-order chi connectivity index (χ0) is 19.1. The van der Waals surface area contributed by atoms with Crippen LogP contribution in [0.2, 0.25) is 0 Å². The number of fused-ring (bicyclic) bond motifs is 2. The van der Waals surface area contributed by atoms with E-state index < -0.39 is 10.9 Å². The molecule has 0 aromatic heterocycles. The summed E-state index contributed by atoms with van der Waals surface area (Å²) in [5, 5.41) is 5.25. The first-order valence-electron chi connectivity index (χ1n) is 9.49. The van der Waals surface area contributed by atoms with Gasteiger partial charge in [-0.3, -0.25) is 9.59 Å². The second-order valence-corrected chi connectivity index (χ2v) is 8.59. The fourth-order valence-corrected chi connectivity index (χ4v) is 5.98. The first kappa shape index (κ1) is 17.3. The number of hydrogen-bond acceptors (Lipinski definition) is 3. The lowest BCUT2D eigenvalue weighted by Gasteiger charge is -2.34. The van der Waals surface area contributed by atoms with Crippen molar-refractivity contribution in [3.63, 3.8) is 0 Å². The van der Waals surface area contributed by atoms with E-state index in [9.17, 15) is 9.59 Å². The molecule has 1 N–H and O–H groups in total. The van der Waals surface area contributed by atoms with E-state index in [0.29, 0.717) is 12.2 Å². The van der Waals surface area contributed by atoms with Crippen molar-refractivity contribution in [2.24, 2.45) is 0 Å². The predicted octanol–water partition coefficient (Wildman–Crippen LogP) is 4.37. The van der Waals surface area contributed by atoms with Gasteiger partial charge < -0.3 is 10.2 Å². The minimum absolute atomic E-state index is 0.0625. The highest BCUT2D eigenvalue weighted by molar-refractivity contribution is 8.00. The number of nitrogens with one attached hydrogen (secondary N) is 1. The Kier molecular flexibility index (Phi) is 4.13. The quantitative estimate of drug-likeness (QED) is 0.725. The number of rotatable bonds is 3. The molecule has 0 aliphatic carbocycles. The third-order valence-corrected chi connectivity index (χ3v) is 7.27. The maximum absolute atomic E-state index is 13.1. The summed E-state index contributed by atoms with van der Waals surface area (Å²) in [4.78, 5) is 27.2. The van der Waals surface area contributed by atoms with Gasteiger partial charge in [-0.05, 0) is 34.9 Å². The molecule has 3 aromatic carbocycles. The maximum atomic E-state index is 13.1. The van der Waals surface area contributed by atoms with Crippen molar-refractivity contribution in [2.75, 3.05) is 11.1 Å². The zero-order valence-corrected chi connectivity index (χ0v) is 16.1. The van der Waals surface area contributed by atoms with Gasteiger partial charge in [0.15, 0.2) is 0 Å². The third kappa shape index (κ3) is 2.69. The standard InChI is InChI=1S/C23H20N2O2S/c26-21-12-13-23(18-8-2-1-3-9-18)25(21)20(15-28-23)22(27)24-19-11-10-16-6-4-5-7-17(16)14-19/h1-11,14,20H,12-13,15H2,(H,24,27)/t20-,23+/m1/s1. The van der Waals surface area contributed by atoms with Crippen LogP contribution in [0.5, 0.6) is 0 Å². The Morgan fingerprint density at radius 2 is 1.75 bits per heavy atom. The van der Waals surface area contributed by atoms with Crippen LogP contribution in [0.1, 0.15) is 18.4 Å². The van der Waals surface area contributed by atoms with E-state index in [-0.39, 0.29) is 11.8 Å². The van der Waals surface area contributed by atoms with Gasteiger partial charge in [0.1, 0.15) is 10.9 Å². The maximum Gasteiger partial charge on any atom is 0.248 e. The molecule has 5 rings (SSSR count). The molecule has 28 heavy (non-hydrogen) atoms. The Bertz CT molecular complexity index is 1070. The van der Waals surface area contributed by atoms with E-state index >= 15 is 0 Å². The lowest BCUT2D eigenvalue weighted by atomic mass is 10.0. The van der Waals surface area contributed by atoms with Crippen molar-refractivity contribution in [1.82, 2.24) is 4.90 Å². The van der Waals surface area contributed by atoms with E-state index in [1.54, 1.807) is 11.8 Å². The van der Waals surface area contributed by atoms with Gasteiger partial charge in [-0.15, -0.1) is 11.8 Å². The number of nitrogens with zero attached hydrogens (tertiary/aromatic N) is 1. The highest BCUT2D eigenvalue weighted by Crippen LogP contribution is 2.54. The Balaban J connectivity index is 1.43. The van der Waals surface area contributed by atoms with E-state index in [4.69, 9.17) is 0 Å². The summed E-state index contributed by atoms with van der Waals surface area (Å²) >= 11 is 1.71. The van der Waals surface area contributed by atoms with Crippen LogP contribution in [-0.4, -0.2) is 28.5 Å². The fraction of sp³-hybridized carbons (Fsp3) is 0.217. The Morgan fingerprint density at radius 3 is 2.57 bits per heavy atom. The molecule has 140 valence electrons. The molecule has 2 aliphatic rings. The molecule has 5 heteroatoms. The van der Waals surface area contributed by atoms with E-state index in [2.05, 4.69) is 17.4 Å². The average molecular weight is 388 g/mol. The minimum atomic E-state index is -0.452. The zero-order valence-electron chi connectivity index (χ0n) is 15.3. The largest absolute Gasteiger partial charge is 0.324 e. The third-order valence-electron chi connectivity index (χ3n) is 5.67. The fourth-order valence-electron chi connectivity index (χ4n) is 4.33. The van der Waals surface area contributed by atoms with Gasteiger partial charge in [-0.1, -0.05) is 60.7 Å². The number of carbonyl (C=O) groups is 2. The molecule has 2 fully saturated rings. The first-order valence-corrected chi connectivity index (χ1v) is 10.5. The van der Waals surface area contributed by atoms with Crippen molar-refractivity contribution in [1.29, 1.82) is 0 Å². The monoisotopic (exact) mass is 388 g/mol. The van der Waals surface area contributed by atoms with Crippen LogP contribution in [0.25, 0.3) is 10.8 Å². The van der Waals surface area contributed by atoms with Gasteiger partial charge in [0.2, 0.25) is 11.8 Å². The van der Waals surface area contributed by atoms with Crippen LogP contribution >= 0.6 is 11.8 Å². The molecule has 0 saturated carbocycles. The van der Waals surface area contributed by atoms with Crippen LogP contribution in [0.15, 0.2) is 72.8 Å². The molecule has 0 unspecified atom stereocenters. The number of hydrogen-bond donors (Lipinski definition) is 1. The predicted molar refractivity (Wildman–Crippen MR) is 113 cm³/mol. The summed E-state index contributed by atoms with van der Waals surface area (Å²) in [6.45, 7) is 0. The van der Waals surface area contributed by atoms with Gasteiger partial charge in [0, 0.05) is 17.9 Å². The second-order valence-electron chi connectivity index (χ2n) is 7.29. The van der Waals surface area contributed by atoms with Crippen LogP contribution in [-0.2, 0) is 14.5 Å². The molecule has 0 radical (unpaired) electrons. The van der Waals surface area contributed by atoms with Crippen LogP contribution in [0.3, 0.4) is 0 Å². The number of amides is 2. The molecule has 2 atom stereocenters. The van der Waals surface area contributed by atoms with Gasteiger partial charge >= 0.3 is 0 Å². The molecule has 2 aliphatic heterocycles. The van der Waals surface area contributed by atoms with E-state index in [1.165, 1.54) is 0 Å². The summed E-state index contributed by atoms with van der Waals surface area (Å²) in [7, 11) is 0. The lowest BCUT2D eigenvalue weighted by molar-refractivity contribution is -0.136. The lowest BCUT2D eigenvalue weighted by Crippen LogP contribution is -2.48. The molecule has 2 saturated heterocycles. The smallest absolute Gasteiger partial charge is 0.248 e. The highest BCUT2D eigenvalue weighted by atomic mass is 32.2. The van der Waals surface area contributed by atoms with Crippen molar-refractivity contribution in [3.8, 4) is 0 Å². The highest BCUT2D eigenvalue weighted by Gasteiger charge is 2.56. The van der Waals surface area contributed by atoms with Crippen molar-refractivity contribution in [3.05, 3.63) is 78.4 Å². The summed E-state index contributed by atoms with van der Waals surface area (Å²) in [6.07, 6.45) is 1.24. The second kappa shape index (κ2) is 6.67. The molecule has 0 bridgehead atoms. The van der Waals surface area contributed by atoms with Crippen molar-refractivity contribution >= 4 is 40.0 Å². The average Bonchev–Trinajstić information content (AvgIpc) is 3.28. The topological polar surface area (TPSA) is 49.4 Å². The summed E-state index contributed by atoms with van der Waals surface area (Å²) < 4.78 is 0. The van der Waals surface area contributed by atoms with Crippen molar-refractivity contribution < 1.29 is 9.59 Å². The van der Waals surface area contributed by atoms with Crippen LogP contribution in [0, 0.1) is 0 Å². The summed E-state index contributed by atoms with van der Waals surface area (Å²) in [6, 6.07) is 23.6. The molecule has 2 heterocycles. The molecular weight excluding hydrogens is 368 g/mol. The summed E-state index contributed by atoms with van der Waals surface area (Å²) in [5.74, 6) is 0.559.